The Morgan fingerprint density at radius 2 is 2.33 bits per heavy atom. The number of fused-ring (bicyclic) bond motifs is 1. The van der Waals surface area contributed by atoms with Crippen LogP contribution in [0.25, 0.3) is 0 Å². The number of pyridine rings is 1. The highest BCUT2D eigenvalue weighted by Gasteiger charge is 2.36. The summed E-state index contributed by atoms with van der Waals surface area (Å²) in [5, 5.41) is 3.19. The number of carbonyl (C=O) groups is 1. The van der Waals surface area contributed by atoms with Crippen molar-refractivity contribution in [2.75, 3.05) is 19.7 Å². The van der Waals surface area contributed by atoms with E-state index in [0.29, 0.717) is 24.1 Å². The molecule has 3 rings (SSSR count). The summed E-state index contributed by atoms with van der Waals surface area (Å²) in [6, 6.07) is 4.32. The van der Waals surface area contributed by atoms with Crippen molar-refractivity contribution in [2.24, 2.45) is 0 Å². The van der Waals surface area contributed by atoms with E-state index in [1.165, 1.54) is 25.8 Å². The fourth-order valence-electron chi connectivity index (χ4n) is 3.48. The van der Waals surface area contributed by atoms with Crippen molar-refractivity contribution in [3.8, 4) is 5.88 Å². The lowest BCUT2D eigenvalue weighted by Crippen LogP contribution is -2.46. The van der Waals surface area contributed by atoms with E-state index >= 15 is 0 Å². The molecule has 0 aliphatic carbocycles. The molecule has 3 heterocycles. The first-order valence-electron chi connectivity index (χ1n) is 7.92. The van der Waals surface area contributed by atoms with Gasteiger partial charge in [0.05, 0.1) is 6.61 Å². The highest BCUT2D eigenvalue weighted by atomic mass is 16.5. The highest BCUT2D eigenvalue weighted by molar-refractivity contribution is 5.96. The van der Waals surface area contributed by atoms with Crippen LogP contribution in [0.1, 0.15) is 43.0 Å². The minimum atomic E-state index is -0.0658. The molecule has 0 bridgehead atoms. The fraction of sp³-hybridized carbons (Fsp3) is 0.625. The number of hydrogen-bond donors (Lipinski definition) is 1. The largest absolute Gasteiger partial charge is 0.477 e. The molecule has 2 fully saturated rings. The summed E-state index contributed by atoms with van der Waals surface area (Å²) in [6.45, 7) is 4.68. The maximum absolute atomic E-state index is 12.5. The van der Waals surface area contributed by atoms with Crippen LogP contribution >= 0.6 is 0 Å². The van der Waals surface area contributed by atoms with Crippen molar-refractivity contribution >= 4 is 5.91 Å². The normalized spacial score (nSPS) is 25.4. The van der Waals surface area contributed by atoms with Gasteiger partial charge in [-0.25, -0.2) is 4.98 Å². The molecule has 5 nitrogen and oxygen atoms in total. The highest BCUT2D eigenvalue weighted by Crippen LogP contribution is 2.27. The lowest BCUT2D eigenvalue weighted by molar-refractivity contribution is 0.0910. The fourth-order valence-corrected chi connectivity index (χ4v) is 3.48. The number of rotatable bonds is 4. The molecular formula is C16H23N3O2. The van der Waals surface area contributed by atoms with Crippen LogP contribution in [0.3, 0.4) is 0 Å². The molecule has 0 aromatic carbocycles. The summed E-state index contributed by atoms with van der Waals surface area (Å²) in [7, 11) is 0. The second-order valence-corrected chi connectivity index (χ2v) is 5.76. The van der Waals surface area contributed by atoms with Crippen LogP contribution in [0.15, 0.2) is 18.3 Å². The van der Waals surface area contributed by atoms with Crippen LogP contribution in [0.4, 0.5) is 0 Å². The van der Waals surface area contributed by atoms with Gasteiger partial charge in [0, 0.05) is 24.8 Å². The van der Waals surface area contributed by atoms with E-state index in [1.54, 1.807) is 18.3 Å². The second-order valence-electron chi connectivity index (χ2n) is 5.76. The van der Waals surface area contributed by atoms with Crippen LogP contribution in [-0.4, -0.2) is 47.6 Å². The van der Waals surface area contributed by atoms with Crippen LogP contribution < -0.4 is 10.1 Å². The zero-order valence-electron chi connectivity index (χ0n) is 12.5. The van der Waals surface area contributed by atoms with E-state index in [4.69, 9.17) is 4.74 Å². The monoisotopic (exact) mass is 289 g/mol. The molecule has 0 radical (unpaired) electrons. The summed E-state index contributed by atoms with van der Waals surface area (Å²) in [6.07, 6.45) is 6.44. The Kier molecular flexibility index (Phi) is 4.39. The van der Waals surface area contributed by atoms with Crippen molar-refractivity contribution < 1.29 is 9.53 Å². The molecule has 0 spiro atoms. The van der Waals surface area contributed by atoms with Gasteiger partial charge in [-0.1, -0.05) is 6.42 Å². The van der Waals surface area contributed by atoms with Crippen molar-refractivity contribution in [1.29, 1.82) is 0 Å². The molecule has 1 N–H and O–H groups in total. The predicted molar refractivity (Wildman–Crippen MR) is 80.5 cm³/mol. The molecule has 2 saturated heterocycles. The average molecular weight is 289 g/mol. The molecule has 2 aliphatic heterocycles. The molecular weight excluding hydrogens is 266 g/mol. The van der Waals surface area contributed by atoms with E-state index in [9.17, 15) is 4.79 Å². The minimum Gasteiger partial charge on any atom is -0.477 e. The maximum Gasteiger partial charge on any atom is 0.257 e. The lowest BCUT2D eigenvalue weighted by atomic mass is 9.99. The Balaban J connectivity index is 1.69. The molecule has 0 saturated carbocycles. The van der Waals surface area contributed by atoms with E-state index in [1.807, 2.05) is 6.92 Å². The Hall–Kier alpha value is -1.62. The third-order valence-corrected chi connectivity index (χ3v) is 4.47. The van der Waals surface area contributed by atoms with Gasteiger partial charge >= 0.3 is 0 Å². The zero-order chi connectivity index (χ0) is 14.7. The second kappa shape index (κ2) is 6.43. The zero-order valence-corrected chi connectivity index (χ0v) is 12.5. The summed E-state index contributed by atoms with van der Waals surface area (Å²) in [5.41, 5.74) is 0.536. The quantitative estimate of drug-likeness (QED) is 0.919. The maximum atomic E-state index is 12.5. The van der Waals surface area contributed by atoms with E-state index in [-0.39, 0.29) is 11.9 Å². The van der Waals surface area contributed by atoms with Gasteiger partial charge in [0.2, 0.25) is 5.88 Å². The van der Waals surface area contributed by atoms with E-state index < -0.39 is 0 Å². The number of nitrogens with zero attached hydrogens (tertiary/aromatic N) is 2. The van der Waals surface area contributed by atoms with Gasteiger partial charge in [0.25, 0.3) is 5.91 Å². The first-order chi connectivity index (χ1) is 10.3. The average Bonchev–Trinajstić information content (AvgIpc) is 2.91. The minimum absolute atomic E-state index is 0.0658. The van der Waals surface area contributed by atoms with Gasteiger partial charge in [0.1, 0.15) is 5.56 Å². The van der Waals surface area contributed by atoms with Crippen LogP contribution in [0, 0.1) is 0 Å². The van der Waals surface area contributed by atoms with Gasteiger partial charge in [-0.2, -0.15) is 0 Å². The van der Waals surface area contributed by atoms with Gasteiger partial charge in [-0.3, -0.25) is 9.69 Å². The summed E-state index contributed by atoms with van der Waals surface area (Å²) < 4.78 is 5.45. The topological polar surface area (TPSA) is 54.5 Å². The number of hydrogen-bond acceptors (Lipinski definition) is 4. The van der Waals surface area contributed by atoms with Crippen molar-refractivity contribution in [3.63, 3.8) is 0 Å². The smallest absolute Gasteiger partial charge is 0.257 e. The Labute approximate surface area is 125 Å². The number of carbonyl (C=O) groups excluding carboxylic acids is 1. The van der Waals surface area contributed by atoms with E-state index in [0.717, 1.165) is 13.0 Å². The summed E-state index contributed by atoms with van der Waals surface area (Å²) in [5.74, 6) is 0.361. The van der Waals surface area contributed by atoms with Gasteiger partial charge in [-0.05, 0) is 44.9 Å². The molecule has 1 aromatic rings. The Bertz CT molecular complexity index is 506. The number of aromatic nitrogens is 1. The Morgan fingerprint density at radius 3 is 3.19 bits per heavy atom. The summed E-state index contributed by atoms with van der Waals surface area (Å²) in [4.78, 5) is 19.2. The molecule has 2 aliphatic rings. The number of ether oxygens (including phenoxy) is 1. The molecule has 0 unspecified atom stereocenters. The standard InChI is InChI=1S/C16H23N3O2/c1-2-21-16-12(6-5-9-17-16)15(20)18-13-8-11-19-10-4-3-7-14(13)19/h5-6,9,13-14H,2-4,7-8,10-11H2,1H3,(H,18,20)/t13-,14+/m1/s1. The SMILES string of the molecule is CCOc1ncccc1C(=O)N[C@@H]1CCN2CCCC[C@@H]12. The third-order valence-electron chi connectivity index (χ3n) is 4.47. The number of amides is 1. The predicted octanol–water partition coefficient (Wildman–Crippen LogP) is 1.84. The molecule has 114 valence electrons. The lowest BCUT2D eigenvalue weighted by Gasteiger charge is -2.32. The van der Waals surface area contributed by atoms with Crippen molar-refractivity contribution in [1.82, 2.24) is 15.2 Å². The molecule has 5 heteroatoms. The van der Waals surface area contributed by atoms with Gasteiger partial charge in [0.15, 0.2) is 0 Å². The van der Waals surface area contributed by atoms with Crippen molar-refractivity contribution in [3.05, 3.63) is 23.9 Å². The molecule has 1 aromatic heterocycles. The number of nitrogens with one attached hydrogen (secondary N) is 1. The molecule has 1 amide bonds. The molecule has 2 atom stereocenters. The Morgan fingerprint density at radius 1 is 1.43 bits per heavy atom. The van der Waals surface area contributed by atoms with Crippen molar-refractivity contribution in [2.45, 2.75) is 44.7 Å². The summed E-state index contributed by atoms with van der Waals surface area (Å²) >= 11 is 0. The van der Waals surface area contributed by atoms with Crippen LogP contribution in [0.2, 0.25) is 0 Å². The first kappa shape index (κ1) is 14.3. The first-order valence-corrected chi connectivity index (χ1v) is 7.92. The number of piperidine rings is 1. The van der Waals surface area contributed by atoms with Crippen LogP contribution in [-0.2, 0) is 0 Å². The third kappa shape index (κ3) is 3.02. The van der Waals surface area contributed by atoms with E-state index in [2.05, 4.69) is 15.2 Å². The van der Waals surface area contributed by atoms with Gasteiger partial charge < -0.3 is 10.1 Å². The molecule has 21 heavy (non-hydrogen) atoms. The van der Waals surface area contributed by atoms with Crippen LogP contribution in [0.5, 0.6) is 5.88 Å². The van der Waals surface area contributed by atoms with Gasteiger partial charge in [-0.15, -0.1) is 0 Å².